The molecular weight excluding hydrogens is 400 g/mol. The number of carbonyl (C=O) groups is 1. The predicted octanol–water partition coefficient (Wildman–Crippen LogP) is 4.13. The average molecular weight is 418 g/mol. The number of carbonyl (C=O) groups excluding carboxylic acids is 1. The van der Waals surface area contributed by atoms with Gasteiger partial charge in [-0.2, -0.15) is 0 Å². The second kappa shape index (κ2) is 7.96. The number of imidazole rings is 1. The van der Waals surface area contributed by atoms with Crippen LogP contribution in [0.4, 0.5) is 0 Å². The van der Waals surface area contributed by atoms with E-state index in [1.807, 2.05) is 6.07 Å². The normalized spacial score (nSPS) is 11.8. The lowest BCUT2D eigenvalue weighted by Gasteiger charge is -2.11. The van der Waals surface area contributed by atoms with Crippen molar-refractivity contribution in [2.45, 2.75) is 4.90 Å². The Hall–Kier alpha value is -3.71. The van der Waals surface area contributed by atoms with E-state index in [0.29, 0.717) is 22.4 Å². The van der Waals surface area contributed by atoms with E-state index in [2.05, 4.69) is 9.72 Å². The summed E-state index contributed by atoms with van der Waals surface area (Å²) in [5.41, 5.74) is 2.51. The molecule has 0 radical (unpaired) electrons. The van der Waals surface area contributed by atoms with Gasteiger partial charge in [-0.25, -0.2) is 22.2 Å². The van der Waals surface area contributed by atoms with Crippen molar-refractivity contribution in [3.05, 3.63) is 90.5 Å². The zero-order valence-corrected chi connectivity index (χ0v) is 16.9. The summed E-state index contributed by atoms with van der Waals surface area (Å²) in [7, 11) is -2.54. The van der Waals surface area contributed by atoms with Gasteiger partial charge in [-0.05, 0) is 35.9 Å². The molecule has 150 valence electrons. The van der Waals surface area contributed by atoms with Crippen LogP contribution in [0.5, 0.6) is 0 Å². The molecule has 0 unspecified atom stereocenters. The molecule has 1 heterocycles. The van der Waals surface area contributed by atoms with Gasteiger partial charge < -0.3 is 4.74 Å². The summed E-state index contributed by atoms with van der Waals surface area (Å²) in [4.78, 5) is 16.0. The molecule has 4 aromatic rings. The lowest BCUT2D eigenvalue weighted by Crippen LogP contribution is -2.14. The molecule has 0 bridgehead atoms. The van der Waals surface area contributed by atoms with E-state index in [4.69, 9.17) is 0 Å². The number of ether oxygens (including phenoxy) is 1. The lowest BCUT2D eigenvalue weighted by molar-refractivity contribution is -0.134. The highest BCUT2D eigenvalue weighted by Crippen LogP contribution is 2.29. The van der Waals surface area contributed by atoms with Gasteiger partial charge in [0.15, 0.2) is 5.82 Å². The molecule has 30 heavy (non-hydrogen) atoms. The molecule has 0 saturated heterocycles. The maximum absolute atomic E-state index is 13.4. The van der Waals surface area contributed by atoms with Crippen LogP contribution in [0.1, 0.15) is 5.56 Å². The molecule has 0 spiro atoms. The number of hydrogen-bond acceptors (Lipinski definition) is 5. The second-order valence-electron chi connectivity index (χ2n) is 6.49. The average Bonchev–Trinajstić information content (AvgIpc) is 3.19. The van der Waals surface area contributed by atoms with Gasteiger partial charge in [0.2, 0.25) is 0 Å². The Balaban J connectivity index is 1.85. The van der Waals surface area contributed by atoms with E-state index in [-0.39, 0.29) is 4.90 Å². The summed E-state index contributed by atoms with van der Waals surface area (Å²) in [6.45, 7) is 0. The number of methoxy groups -OCH3 is 1. The smallest absolute Gasteiger partial charge is 0.330 e. The number of rotatable bonds is 5. The van der Waals surface area contributed by atoms with Crippen LogP contribution in [0.25, 0.3) is 28.5 Å². The highest BCUT2D eigenvalue weighted by molar-refractivity contribution is 7.90. The summed E-state index contributed by atoms with van der Waals surface area (Å²) in [5, 5.41) is 0. The summed E-state index contributed by atoms with van der Waals surface area (Å²) in [6, 6.07) is 22.5. The number of nitrogens with zero attached hydrogens (tertiary/aromatic N) is 2. The van der Waals surface area contributed by atoms with Gasteiger partial charge >= 0.3 is 5.97 Å². The Labute approximate surface area is 174 Å². The van der Waals surface area contributed by atoms with E-state index in [1.165, 1.54) is 17.2 Å². The molecule has 0 saturated carbocycles. The van der Waals surface area contributed by atoms with Crippen LogP contribution >= 0.6 is 0 Å². The highest BCUT2D eigenvalue weighted by Gasteiger charge is 2.24. The standard InChI is InChI=1S/C23H18N2O4S/c1-29-22(26)16-13-17-11-14-18(15-12-17)23-24-20-9-5-6-10-21(20)25(23)30(27,28)19-7-3-2-4-8-19/h2-16H,1H3/b16-13+. The van der Waals surface area contributed by atoms with Crippen molar-refractivity contribution in [2.24, 2.45) is 0 Å². The molecular formula is C23H18N2O4S. The van der Waals surface area contributed by atoms with Crippen molar-refractivity contribution in [1.29, 1.82) is 0 Å². The molecule has 0 amide bonds. The third-order valence-corrected chi connectivity index (χ3v) is 6.30. The molecule has 0 atom stereocenters. The quantitative estimate of drug-likeness (QED) is 0.360. The molecule has 4 rings (SSSR count). The van der Waals surface area contributed by atoms with Crippen LogP contribution in [-0.4, -0.2) is 30.5 Å². The van der Waals surface area contributed by atoms with Gasteiger partial charge in [0.25, 0.3) is 10.0 Å². The van der Waals surface area contributed by atoms with E-state index >= 15 is 0 Å². The minimum absolute atomic E-state index is 0.187. The summed E-state index contributed by atoms with van der Waals surface area (Å²) in [5.74, 6) is -0.127. The fraction of sp³-hybridized carbons (Fsp3) is 0.0435. The first kappa shape index (κ1) is 19.6. The Morgan fingerprint density at radius 1 is 0.933 bits per heavy atom. The monoisotopic (exact) mass is 418 g/mol. The number of benzene rings is 3. The van der Waals surface area contributed by atoms with E-state index < -0.39 is 16.0 Å². The van der Waals surface area contributed by atoms with Gasteiger partial charge in [-0.1, -0.05) is 54.6 Å². The lowest BCUT2D eigenvalue weighted by atomic mass is 10.1. The minimum Gasteiger partial charge on any atom is -0.466 e. The Morgan fingerprint density at radius 2 is 1.60 bits per heavy atom. The maximum atomic E-state index is 13.4. The molecule has 0 fully saturated rings. The number of aromatic nitrogens is 2. The molecule has 6 nitrogen and oxygen atoms in total. The van der Waals surface area contributed by atoms with Gasteiger partial charge in [0, 0.05) is 11.6 Å². The van der Waals surface area contributed by atoms with Crippen LogP contribution in [0.2, 0.25) is 0 Å². The summed E-state index contributed by atoms with van der Waals surface area (Å²) < 4.78 is 32.7. The Morgan fingerprint density at radius 3 is 2.30 bits per heavy atom. The van der Waals surface area contributed by atoms with E-state index in [0.717, 1.165) is 5.56 Å². The first-order valence-corrected chi connectivity index (χ1v) is 10.6. The third-order valence-electron chi connectivity index (χ3n) is 4.58. The fourth-order valence-electron chi connectivity index (χ4n) is 3.10. The number of esters is 1. The predicted molar refractivity (Wildman–Crippen MR) is 115 cm³/mol. The van der Waals surface area contributed by atoms with Crippen LogP contribution in [0.3, 0.4) is 0 Å². The Kier molecular flexibility index (Phi) is 5.20. The molecule has 0 aliphatic heterocycles. The van der Waals surface area contributed by atoms with Crippen molar-refractivity contribution in [2.75, 3.05) is 7.11 Å². The van der Waals surface area contributed by atoms with Gasteiger partial charge in [0.05, 0.1) is 23.0 Å². The van der Waals surface area contributed by atoms with Gasteiger partial charge in [0.1, 0.15) is 0 Å². The number of hydrogen-bond donors (Lipinski definition) is 0. The minimum atomic E-state index is -3.86. The summed E-state index contributed by atoms with van der Waals surface area (Å²) >= 11 is 0. The van der Waals surface area contributed by atoms with Crippen molar-refractivity contribution in [3.8, 4) is 11.4 Å². The first-order chi connectivity index (χ1) is 14.5. The van der Waals surface area contributed by atoms with Gasteiger partial charge in [-0.3, -0.25) is 0 Å². The van der Waals surface area contributed by atoms with Crippen LogP contribution in [0.15, 0.2) is 89.8 Å². The molecule has 3 aromatic carbocycles. The van der Waals surface area contributed by atoms with Crippen molar-refractivity contribution < 1.29 is 17.9 Å². The molecule has 0 N–H and O–H groups in total. The fourth-order valence-corrected chi connectivity index (χ4v) is 4.60. The molecule has 0 aliphatic carbocycles. The Bertz CT molecular complexity index is 1340. The molecule has 1 aromatic heterocycles. The van der Waals surface area contributed by atoms with Crippen molar-refractivity contribution >= 4 is 33.1 Å². The highest BCUT2D eigenvalue weighted by atomic mass is 32.2. The van der Waals surface area contributed by atoms with Crippen LogP contribution < -0.4 is 0 Å². The van der Waals surface area contributed by atoms with Gasteiger partial charge in [-0.15, -0.1) is 0 Å². The first-order valence-electron chi connectivity index (χ1n) is 9.15. The summed E-state index contributed by atoms with van der Waals surface area (Å²) in [6.07, 6.45) is 2.95. The second-order valence-corrected chi connectivity index (χ2v) is 8.27. The van der Waals surface area contributed by atoms with Crippen molar-refractivity contribution in [3.63, 3.8) is 0 Å². The molecule has 7 heteroatoms. The number of para-hydroxylation sites is 2. The maximum Gasteiger partial charge on any atom is 0.330 e. The van der Waals surface area contributed by atoms with E-state index in [1.54, 1.807) is 78.9 Å². The van der Waals surface area contributed by atoms with Crippen LogP contribution in [-0.2, 0) is 19.6 Å². The van der Waals surface area contributed by atoms with Crippen molar-refractivity contribution in [1.82, 2.24) is 8.96 Å². The SMILES string of the molecule is COC(=O)/C=C/c1ccc(-c2nc3ccccc3n2S(=O)(=O)c2ccccc2)cc1. The van der Waals surface area contributed by atoms with Crippen LogP contribution in [0, 0.1) is 0 Å². The third kappa shape index (κ3) is 3.62. The zero-order chi connectivity index (χ0) is 21.1. The zero-order valence-electron chi connectivity index (χ0n) is 16.1. The number of fused-ring (bicyclic) bond motifs is 1. The molecule has 0 aliphatic rings. The topological polar surface area (TPSA) is 78.3 Å². The van der Waals surface area contributed by atoms with E-state index in [9.17, 15) is 13.2 Å². The largest absolute Gasteiger partial charge is 0.466 e.